The van der Waals surface area contributed by atoms with Gasteiger partial charge in [0.2, 0.25) is 5.91 Å². The lowest BCUT2D eigenvalue weighted by atomic mass is 10.2. The van der Waals surface area contributed by atoms with Crippen molar-refractivity contribution in [3.05, 3.63) is 11.1 Å². The molecule has 1 aromatic heterocycles. The molecule has 3 heterocycles. The lowest BCUT2D eigenvalue weighted by Gasteiger charge is -2.15. The topological polar surface area (TPSA) is 48.5 Å². The van der Waals surface area contributed by atoms with Crippen LogP contribution in [0.1, 0.15) is 37.5 Å². The molecule has 0 spiro atoms. The number of hydrogen-bond acceptors (Lipinski definition) is 5. The molecule has 1 N–H and O–H groups in total. The molecule has 116 valence electrons. The predicted molar refractivity (Wildman–Crippen MR) is 85.7 cm³/mol. The zero-order chi connectivity index (χ0) is 14.7. The second kappa shape index (κ2) is 6.75. The maximum absolute atomic E-state index is 11.8. The van der Waals surface area contributed by atoms with E-state index < -0.39 is 0 Å². The molecule has 1 atom stereocenters. The van der Waals surface area contributed by atoms with Crippen LogP contribution in [0.2, 0.25) is 0 Å². The molecule has 0 aromatic carbocycles. The molecular formula is C15H24N4OS. The quantitative estimate of drug-likeness (QED) is 0.871. The molecule has 0 unspecified atom stereocenters. The highest BCUT2D eigenvalue weighted by atomic mass is 32.1. The first-order valence-corrected chi connectivity index (χ1v) is 8.78. The lowest BCUT2D eigenvalue weighted by Crippen LogP contribution is -2.32. The number of nitrogens with zero attached hydrogens (tertiary/aromatic N) is 3. The van der Waals surface area contributed by atoms with Crippen molar-refractivity contribution in [3.8, 4) is 0 Å². The molecule has 2 saturated heterocycles. The molecule has 0 saturated carbocycles. The Labute approximate surface area is 130 Å². The third-order valence-electron chi connectivity index (χ3n) is 4.19. The minimum absolute atomic E-state index is 0.288. The van der Waals surface area contributed by atoms with E-state index in [4.69, 9.17) is 0 Å². The monoisotopic (exact) mass is 308 g/mol. The standard InChI is InChI=1S/C15H24N4OS/c1-2-5-19-11-12(8-14(19)20)16-9-13-10-17-15(21-13)18-6-3-4-7-18/h10,12,16H,2-9,11H2,1H3/t12-/m0/s1. The Hall–Kier alpha value is -1.14. The highest BCUT2D eigenvalue weighted by Crippen LogP contribution is 2.26. The van der Waals surface area contributed by atoms with Gasteiger partial charge < -0.3 is 15.1 Å². The average Bonchev–Trinajstić information content (AvgIpc) is 3.18. The second-order valence-electron chi connectivity index (χ2n) is 5.93. The van der Waals surface area contributed by atoms with Crippen molar-refractivity contribution in [2.75, 3.05) is 31.1 Å². The molecule has 0 aliphatic carbocycles. The van der Waals surface area contributed by atoms with Crippen molar-refractivity contribution in [1.82, 2.24) is 15.2 Å². The average molecular weight is 308 g/mol. The molecule has 3 rings (SSSR count). The van der Waals surface area contributed by atoms with Gasteiger partial charge in [0.15, 0.2) is 5.13 Å². The van der Waals surface area contributed by atoms with Crippen LogP contribution >= 0.6 is 11.3 Å². The van der Waals surface area contributed by atoms with Gasteiger partial charge in [0.25, 0.3) is 0 Å². The molecule has 1 amide bonds. The molecule has 2 aliphatic heterocycles. The van der Waals surface area contributed by atoms with Crippen molar-refractivity contribution in [3.63, 3.8) is 0 Å². The first-order valence-electron chi connectivity index (χ1n) is 7.97. The van der Waals surface area contributed by atoms with Crippen LogP contribution in [-0.4, -0.2) is 48.0 Å². The van der Waals surface area contributed by atoms with Gasteiger partial charge in [-0.05, 0) is 19.3 Å². The second-order valence-corrected chi connectivity index (χ2v) is 7.02. The normalized spacial score (nSPS) is 22.5. The van der Waals surface area contributed by atoms with E-state index >= 15 is 0 Å². The van der Waals surface area contributed by atoms with E-state index in [1.54, 1.807) is 11.3 Å². The highest BCUT2D eigenvalue weighted by Gasteiger charge is 2.28. The van der Waals surface area contributed by atoms with Crippen molar-refractivity contribution < 1.29 is 4.79 Å². The van der Waals surface area contributed by atoms with Gasteiger partial charge in [-0.25, -0.2) is 4.98 Å². The molecule has 2 fully saturated rings. The Balaban J connectivity index is 1.48. The van der Waals surface area contributed by atoms with Gasteiger partial charge in [0.05, 0.1) is 0 Å². The van der Waals surface area contributed by atoms with Gasteiger partial charge in [-0.2, -0.15) is 0 Å². The van der Waals surface area contributed by atoms with Crippen molar-refractivity contribution >= 4 is 22.4 Å². The van der Waals surface area contributed by atoms with E-state index in [0.29, 0.717) is 12.5 Å². The summed E-state index contributed by atoms with van der Waals surface area (Å²) in [6.07, 6.45) is 6.21. The molecule has 5 nitrogen and oxygen atoms in total. The van der Waals surface area contributed by atoms with E-state index in [1.165, 1.54) is 17.7 Å². The Morgan fingerprint density at radius 3 is 3.00 bits per heavy atom. The number of nitrogens with one attached hydrogen (secondary N) is 1. The Morgan fingerprint density at radius 2 is 2.24 bits per heavy atom. The predicted octanol–water partition coefficient (Wildman–Crippen LogP) is 1.84. The third-order valence-corrected chi connectivity index (χ3v) is 5.25. The van der Waals surface area contributed by atoms with E-state index in [1.807, 2.05) is 11.1 Å². The number of anilines is 1. The van der Waals surface area contributed by atoms with Crippen molar-refractivity contribution in [1.29, 1.82) is 0 Å². The molecule has 0 bridgehead atoms. The van der Waals surface area contributed by atoms with Crippen molar-refractivity contribution in [2.45, 2.75) is 45.2 Å². The Bertz CT molecular complexity index is 484. The molecular weight excluding hydrogens is 284 g/mol. The number of carbonyl (C=O) groups is 1. The van der Waals surface area contributed by atoms with Gasteiger partial charge in [-0.3, -0.25) is 4.79 Å². The van der Waals surface area contributed by atoms with Gasteiger partial charge in [-0.15, -0.1) is 11.3 Å². The van der Waals surface area contributed by atoms with E-state index in [2.05, 4.69) is 22.1 Å². The zero-order valence-electron chi connectivity index (χ0n) is 12.7. The lowest BCUT2D eigenvalue weighted by molar-refractivity contribution is -0.127. The molecule has 2 aliphatic rings. The molecule has 0 radical (unpaired) electrons. The van der Waals surface area contributed by atoms with Crippen LogP contribution in [0.4, 0.5) is 5.13 Å². The van der Waals surface area contributed by atoms with Crippen LogP contribution in [-0.2, 0) is 11.3 Å². The molecule has 6 heteroatoms. The van der Waals surface area contributed by atoms with Crippen LogP contribution in [0.25, 0.3) is 0 Å². The van der Waals surface area contributed by atoms with Gasteiger partial charge in [0, 0.05) is 56.3 Å². The first-order chi connectivity index (χ1) is 10.3. The third kappa shape index (κ3) is 3.55. The minimum atomic E-state index is 0.288. The number of carbonyl (C=O) groups excluding carboxylic acids is 1. The molecule has 1 aromatic rings. The summed E-state index contributed by atoms with van der Waals surface area (Å²) >= 11 is 1.78. The SMILES string of the molecule is CCCN1C[C@@H](NCc2cnc(N3CCCC3)s2)CC1=O. The van der Waals surface area contributed by atoms with Crippen LogP contribution in [0, 0.1) is 0 Å². The summed E-state index contributed by atoms with van der Waals surface area (Å²) in [6, 6.07) is 0.293. The van der Waals surface area contributed by atoms with Crippen LogP contribution < -0.4 is 10.2 Å². The van der Waals surface area contributed by atoms with Crippen LogP contribution in [0.3, 0.4) is 0 Å². The number of thiazole rings is 1. The van der Waals surface area contributed by atoms with Gasteiger partial charge in [-0.1, -0.05) is 6.92 Å². The van der Waals surface area contributed by atoms with E-state index in [0.717, 1.165) is 44.3 Å². The summed E-state index contributed by atoms with van der Waals surface area (Å²) in [7, 11) is 0. The summed E-state index contributed by atoms with van der Waals surface area (Å²) in [5.74, 6) is 0.288. The zero-order valence-corrected chi connectivity index (χ0v) is 13.5. The fourth-order valence-electron chi connectivity index (χ4n) is 3.07. The fourth-order valence-corrected chi connectivity index (χ4v) is 3.99. The minimum Gasteiger partial charge on any atom is -0.348 e. The smallest absolute Gasteiger partial charge is 0.224 e. The number of amides is 1. The number of rotatable bonds is 6. The number of likely N-dealkylation sites (tertiary alicyclic amines) is 1. The number of hydrogen-bond donors (Lipinski definition) is 1. The highest BCUT2D eigenvalue weighted by molar-refractivity contribution is 7.15. The summed E-state index contributed by atoms with van der Waals surface area (Å²) in [5, 5.41) is 4.66. The van der Waals surface area contributed by atoms with Gasteiger partial charge in [0.1, 0.15) is 0 Å². The Morgan fingerprint density at radius 1 is 1.43 bits per heavy atom. The van der Waals surface area contributed by atoms with Crippen LogP contribution in [0.5, 0.6) is 0 Å². The summed E-state index contributed by atoms with van der Waals surface area (Å²) < 4.78 is 0. The maximum atomic E-state index is 11.8. The van der Waals surface area contributed by atoms with Gasteiger partial charge >= 0.3 is 0 Å². The first kappa shape index (κ1) is 14.8. The maximum Gasteiger partial charge on any atom is 0.224 e. The van der Waals surface area contributed by atoms with E-state index in [-0.39, 0.29) is 5.91 Å². The number of aromatic nitrogens is 1. The summed E-state index contributed by atoms with van der Waals surface area (Å²) in [4.78, 5) is 22.0. The van der Waals surface area contributed by atoms with E-state index in [9.17, 15) is 4.79 Å². The van der Waals surface area contributed by atoms with Crippen molar-refractivity contribution in [2.24, 2.45) is 0 Å². The summed E-state index contributed by atoms with van der Waals surface area (Å²) in [5.41, 5.74) is 0. The summed E-state index contributed by atoms with van der Waals surface area (Å²) in [6.45, 7) is 6.96. The largest absolute Gasteiger partial charge is 0.348 e. The fraction of sp³-hybridized carbons (Fsp3) is 0.733. The molecule has 21 heavy (non-hydrogen) atoms. The Kier molecular flexibility index (Phi) is 4.75. The van der Waals surface area contributed by atoms with Crippen LogP contribution in [0.15, 0.2) is 6.20 Å².